The van der Waals surface area contributed by atoms with Gasteiger partial charge >= 0.3 is 5.97 Å². The molecule has 1 aliphatic heterocycles. The highest BCUT2D eigenvalue weighted by Crippen LogP contribution is 2.24. The van der Waals surface area contributed by atoms with Crippen LogP contribution in [0.5, 0.6) is 0 Å². The van der Waals surface area contributed by atoms with Gasteiger partial charge in [0.05, 0.1) is 0 Å². The SMILES string of the molecule is O=C(O)C1CCCc2ccc(F)cc2N1. The summed E-state index contributed by atoms with van der Waals surface area (Å²) in [6, 6.07) is 3.87. The zero-order valence-electron chi connectivity index (χ0n) is 8.16. The number of halogens is 1. The molecule has 0 aromatic heterocycles. The Morgan fingerprint density at radius 3 is 3.07 bits per heavy atom. The molecular formula is C11H12FNO2. The molecule has 1 aromatic carbocycles. The van der Waals surface area contributed by atoms with Crippen molar-refractivity contribution in [2.45, 2.75) is 25.3 Å². The first-order valence-corrected chi connectivity index (χ1v) is 4.94. The van der Waals surface area contributed by atoms with Gasteiger partial charge in [-0.15, -0.1) is 0 Å². The number of fused-ring (bicyclic) bond motifs is 1. The van der Waals surface area contributed by atoms with Gasteiger partial charge in [-0.3, -0.25) is 0 Å². The van der Waals surface area contributed by atoms with E-state index in [2.05, 4.69) is 5.32 Å². The molecule has 4 heteroatoms. The number of anilines is 1. The molecule has 1 aliphatic rings. The molecule has 0 saturated heterocycles. The van der Waals surface area contributed by atoms with E-state index < -0.39 is 12.0 Å². The Hall–Kier alpha value is -1.58. The van der Waals surface area contributed by atoms with Gasteiger partial charge in [0.1, 0.15) is 11.9 Å². The fourth-order valence-electron chi connectivity index (χ4n) is 1.84. The second kappa shape index (κ2) is 3.88. The molecule has 0 radical (unpaired) electrons. The van der Waals surface area contributed by atoms with Crippen molar-refractivity contribution in [1.82, 2.24) is 0 Å². The fourth-order valence-corrected chi connectivity index (χ4v) is 1.84. The van der Waals surface area contributed by atoms with Crippen LogP contribution in [0.2, 0.25) is 0 Å². The molecule has 80 valence electrons. The molecule has 0 spiro atoms. The highest BCUT2D eigenvalue weighted by molar-refractivity contribution is 5.78. The molecule has 3 nitrogen and oxygen atoms in total. The van der Waals surface area contributed by atoms with Crippen LogP contribution in [0.15, 0.2) is 18.2 Å². The van der Waals surface area contributed by atoms with Crippen molar-refractivity contribution in [3.05, 3.63) is 29.6 Å². The number of nitrogens with one attached hydrogen (secondary N) is 1. The van der Waals surface area contributed by atoms with Crippen LogP contribution < -0.4 is 5.32 Å². The summed E-state index contributed by atoms with van der Waals surface area (Å²) in [4.78, 5) is 10.8. The molecule has 1 unspecified atom stereocenters. The van der Waals surface area contributed by atoms with E-state index in [1.165, 1.54) is 12.1 Å². The van der Waals surface area contributed by atoms with Crippen LogP contribution in [0.4, 0.5) is 10.1 Å². The zero-order valence-corrected chi connectivity index (χ0v) is 8.16. The monoisotopic (exact) mass is 209 g/mol. The van der Waals surface area contributed by atoms with Crippen molar-refractivity contribution in [3.63, 3.8) is 0 Å². The van der Waals surface area contributed by atoms with Gasteiger partial charge in [0, 0.05) is 5.69 Å². The molecule has 0 amide bonds. The van der Waals surface area contributed by atoms with Crippen LogP contribution in [-0.2, 0) is 11.2 Å². The molecule has 1 heterocycles. The average molecular weight is 209 g/mol. The Balaban J connectivity index is 2.31. The number of hydrogen-bond acceptors (Lipinski definition) is 2. The summed E-state index contributed by atoms with van der Waals surface area (Å²) in [7, 11) is 0. The summed E-state index contributed by atoms with van der Waals surface area (Å²) in [6.07, 6.45) is 2.18. The number of carboxylic acid groups (broad SMARTS) is 1. The van der Waals surface area contributed by atoms with Crippen molar-refractivity contribution in [2.24, 2.45) is 0 Å². The zero-order chi connectivity index (χ0) is 10.8. The number of aryl methyl sites for hydroxylation is 1. The second-order valence-corrected chi connectivity index (χ2v) is 3.73. The molecule has 2 N–H and O–H groups in total. The van der Waals surface area contributed by atoms with Crippen molar-refractivity contribution in [2.75, 3.05) is 5.32 Å². The molecule has 1 aromatic rings. The molecular weight excluding hydrogens is 197 g/mol. The quantitative estimate of drug-likeness (QED) is 0.744. The van der Waals surface area contributed by atoms with Gasteiger partial charge in [-0.1, -0.05) is 6.07 Å². The largest absolute Gasteiger partial charge is 0.480 e. The summed E-state index contributed by atoms with van der Waals surface area (Å²) in [6.45, 7) is 0. The van der Waals surface area contributed by atoms with Gasteiger partial charge in [-0.05, 0) is 37.0 Å². The van der Waals surface area contributed by atoms with Crippen LogP contribution in [0.1, 0.15) is 18.4 Å². The summed E-state index contributed by atoms with van der Waals surface area (Å²) >= 11 is 0. The maximum atomic E-state index is 13.0. The summed E-state index contributed by atoms with van der Waals surface area (Å²) in [5.74, 6) is -1.22. The number of aliphatic carboxylic acids is 1. The van der Waals surface area contributed by atoms with E-state index in [0.29, 0.717) is 12.1 Å². The minimum absolute atomic E-state index is 0.340. The number of carboxylic acids is 1. The smallest absolute Gasteiger partial charge is 0.326 e. The first-order valence-electron chi connectivity index (χ1n) is 4.94. The highest BCUT2D eigenvalue weighted by Gasteiger charge is 2.21. The summed E-state index contributed by atoms with van der Waals surface area (Å²) < 4.78 is 13.0. The number of carbonyl (C=O) groups is 1. The van der Waals surface area contributed by atoms with Crippen molar-refractivity contribution in [1.29, 1.82) is 0 Å². The number of benzene rings is 1. The van der Waals surface area contributed by atoms with Crippen molar-refractivity contribution >= 4 is 11.7 Å². The maximum absolute atomic E-state index is 13.0. The Bertz CT molecular complexity index is 392. The average Bonchev–Trinajstić information content (AvgIpc) is 2.39. The topological polar surface area (TPSA) is 49.3 Å². The minimum Gasteiger partial charge on any atom is -0.480 e. The summed E-state index contributed by atoms with van der Waals surface area (Å²) in [5, 5.41) is 11.8. The van der Waals surface area contributed by atoms with Crippen molar-refractivity contribution in [3.8, 4) is 0 Å². The summed E-state index contributed by atoms with van der Waals surface area (Å²) in [5.41, 5.74) is 1.60. The molecule has 0 saturated carbocycles. The van der Waals surface area contributed by atoms with Gasteiger partial charge in [-0.25, -0.2) is 9.18 Å². The molecule has 0 aliphatic carbocycles. The third-order valence-corrected chi connectivity index (χ3v) is 2.64. The Morgan fingerprint density at radius 1 is 1.53 bits per heavy atom. The molecule has 15 heavy (non-hydrogen) atoms. The van der Waals surface area contributed by atoms with E-state index in [1.807, 2.05) is 0 Å². The molecule has 0 fully saturated rings. The number of hydrogen-bond donors (Lipinski definition) is 2. The van der Waals surface area contributed by atoms with E-state index >= 15 is 0 Å². The molecule has 0 bridgehead atoms. The minimum atomic E-state index is -0.882. The van der Waals surface area contributed by atoms with Crippen molar-refractivity contribution < 1.29 is 14.3 Å². The maximum Gasteiger partial charge on any atom is 0.326 e. The Labute approximate surface area is 86.9 Å². The Morgan fingerprint density at radius 2 is 2.33 bits per heavy atom. The standard InChI is InChI=1S/C11H12FNO2/c12-8-5-4-7-2-1-3-9(11(14)15)13-10(7)6-8/h4-6,9,13H,1-3H2,(H,14,15). The third kappa shape index (κ3) is 2.09. The van der Waals surface area contributed by atoms with E-state index in [9.17, 15) is 9.18 Å². The van der Waals surface area contributed by atoms with Gasteiger partial charge in [-0.2, -0.15) is 0 Å². The normalized spacial score (nSPS) is 19.9. The van der Waals surface area contributed by atoms with Crippen LogP contribution in [0.3, 0.4) is 0 Å². The number of rotatable bonds is 1. The van der Waals surface area contributed by atoms with E-state index in [0.717, 1.165) is 18.4 Å². The lowest BCUT2D eigenvalue weighted by molar-refractivity contribution is -0.138. The van der Waals surface area contributed by atoms with E-state index in [1.54, 1.807) is 6.07 Å². The van der Waals surface area contributed by atoms with Gasteiger partial charge in [0.15, 0.2) is 0 Å². The highest BCUT2D eigenvalue weighted by atomic mass is 19.1. The van der Waals surface area contributed by atoms with E-state index in [-0.39, 0.29) is 5.82 Å². The van der Waals surface area contributed by atoms with Gasteiger partial charge in [0.2, 0.25) is 0 Å². The Kier molecular flexibility index (Phi) is 2.58. The predicted molar refractivity (Wildman–Crippen MR) is 54.4 cm³/mol. The van der Waals surface area contributed by atoms with Crippen LogP contribution in [0.25, 0.3) is 0 Å². The van der Waals surface area contributed by atoms with Gasteiger partial charge < -0.3 is 10.4 Å². The third-order valence-electron chi connectivity index (χ3n) is 2.64. The lowest BCUT2D eigenvalue weighted by Gasteiger charge is -2.13. The lowest BCUT2D eigenvalue weighted by atomic mass is 10.1. The van der Waals surface area contributed by atoms with E-state index in [4.69, 9.17) is 5.11 Å². The molecule has 2 rings (SSSR count). The lowest BCUT2D eigenvalue weighted by Crippen LogP contribution is -2.28. The first-order chi connectivity index (χ1) is 7.16. The first kappa shape index (κ1) is 9.96. The van der Waals surface area contributed by atoms with Crippen LogP contribution in [-0.4, -0.2) is 17.1 Å². The molecule has 1 atom stereocenters. The van der Waals surface area contributed by atoms with Crippen LogP contribution >= 0.6 is 0 Å². The fraction of sp³-hybridized carbons (Fsp3) is 0.364. The predicted octanol–water partition coefficient (Wildman–Crippen LogP) is 2.03. The van der Waals surface area contributed by atoms with Gasteiger partial charge in [0.25, 0.3) is 0 Å². The van der Waals surface area contributed by atoms with Crippen LogP contribution in [0, 0.1) is 5.82 Å². The second-order valence-electron chi connectivity index (χ2n) is 3.73.